The molecule has 2 atom stereocenters. The van der Waals surface area contributed by atoms with Crippen LogP contribution in [0.3, 0.4) is 0 Å². The third-order valence-electron chi connectivity index (χ3n) is 5.16. The lowest BCUT2D eigenvalue weighted by atomic mass is 10.0. The molecule has 1 unspecified atom stereocenters. The third kappa shape index (κ3) is 4.22. The Balaban J connectivity index is 1.68. The Kier molecular flexibility index (Phi) is 6.11. The highest BCUT2D eigenvalue weighted by Crippen LogP contribution is 2.40. The molecule has 0 spiro atoms. The van der Waals surface area contributed by atoms with Crippen molar-refractivity contribution in [2.45, 2.75) is 24.4 Å². The number of ether oxygens (including phenoxy) is 2. The standard InChI is InChI=1S/C23H22N2O5S/c1-14(26)29-12-17-13-31-22-18(24)21(27)25(22)19(17)23(28)30-20(15-8-4-2-5-9-15)16-10-6-3-7-11-16/h2-11,18,20,22H,12-13,24H2,1H3/t18-,22?/m1/s1. The Morgan fingerprint density at radius 3 is 2.23 bits per heavy atom. The number of esters is 2. The van der Waals surface area contributed by atoms with E-state index in [0.717, 1.165) is 11.1 Å². The summed E-state index contributed by atoms with van der Waals surface area (Å²) in [5.74, 6) is -1.04. The van der Waals surface area contributed by atoms with Crippen LogP contribution in [0.25, 0.3) is 0 Å². The molecule has 0 saturated carbocycles. The first kappa shape index (κ1) is 21.1. The summed E-state index contributed by atoms with van der Waals surface area (Å²) in [5, 5.41) is -0.331. The predicted molar refractivity (Wildman–Crippen MR) is 116 cm³/mol. The molecule has 0 bridgehead atoms. The molecule has 8 heteroatoms. The topological polar surface area (TPSA) is 98.9 Å². The van der Waals surface area contributed by atoms with E-state index in [-0.39, 0.29) is 23.6 Å². The molecule has 1 saturated heterocycles. The summed E-state index contributed by atoms with van der Waals surface area (Å²) < 4.78 is 11.1. The number of nitrogens with two attached hydrogens (primary N) is 1. The zero-order chi connectivity index (χ0) is 22.0. The van der Waals surface area contributed by atoms with Crippen LogP contribution in [0.1, 0.15) is 24.2 Å². The maximum Gasteiger partial charge on any atom is 0.356 e. The highest BCUT2D eigenvalue weighted by molar-refractivity contribution is 8.00. The molecule has 4 rings (SSSR count). The summed E-state index contributed by atoms with van der Waals surface area (Å²) in [7, 11) is 0. The highest BCUT2D eigenvalue weighted by atomic mass is 32.2. The molecule has 160 valence electrons. The molecule has 0 aromatic heterocycles. The van der Waals surface area contributed by atoms with E-state index in [4.69, 9.17) is 15.2 Å². The van der Waals surface area contributed by atoms with Crippen LogP contribution in [0.15, 0.2) is 71.9 Å². The van der Waals surface area contributed by atoms with Crippen molar-refractivity contribution in [3.63, 3.8) is 0 Å². The number of benzene rings is 2. The third-order valence-corrected chi connectivity index (χ3v) is 6.52. The van der Waals surface area contributed by atoms with Crippen LogP contribution in [0, 0.1) is 0 Å². The molecular formula is C23H22N2O5S. The van der Waals surface area contributed by atoms with Crippen molar-refractivity contribution in [2.24, 2.45) is 5.73 Å². The molecule has 2 N–H and O–H groups in total. The number of fused-ring (bicyclic) bond motifs is 1. The summed E-state index contributed by atoms with van der Waals surface area (Å²) in [6, 6.07) is 18.1. The molecule has 2 aromatic carbocycles. The zero-order valence-corrected chi connectivity index (χ0v) is 17.7. The number of hydrogen-bond donors (Lipinski definition) is 1. The number of carbonyl (C=O) groups excluding carboxylic acids is 3. The second kappa shape index (κ2) is 8.95. The number of nitrogens with zero attached hydrogens (tertiary/aromatic N) is 1. The number of carbonyl (C=O) groups is 3. The quantitative estimate of drug-likeness (QED) is 0.546. The maximum atomic E-state index is 13.4. The number of β-lactam (4-membered cyclic amide) rings is 1. The van der Waals surface area contributed by atoms with E-state index in [1.54, 1.807) is 0 Å². The largest absolute Gasteiger partial charge is 0.461 e. The van der Waals surface area contributed by atoms with Gasteiger partial charge >= 0.3 is 11.9 Å². The lowest BCUT2D eigenvalue weighted by Gasteiger charge is -2.48. The van der Waals surface area contributed by atoms with Crippen LogP contribution >= 0.6 is 11.8 Å². The van der Waals surface area contributed by atoms with Crippen LogP contribution in [-0.2, 0) is 23.9 Å². The van der Waals surface area contributed by atoms with Crippen molar-refractivity contribution in [2.75, 3.05) is 12.4 Å². The SMILES string of the molecule is CC(=O)OCC1=C(C(=O)OC(c2ccccc2)c2ccccc2)N2C(=O)[C@@H](N)C2SC1. The Morgan fingerprint density at radius 1 is 1.10 bits per heavy atom. The monoisotopic (exact) mass is 438 g/mol. The van der Waals surface area contributed by atoms with Gasteiger partial charge in [-0.05, 0) is 11.1 Å². The molecule has 31 heavy (non-hydrogen) atoms. The molecule has 1 amide bonds. The fourth-order valence-corrected chi connectivity index (χ4v) is 4.89. The summed E-state index contributed by atoms with van der Waals surface area (Å²) in [4.78, 5) is 38.5. The van der Waals surface area contributed by atoms with Crippen LogP contribution in [0.5, 0.6) is 0 Å². The zero-order valence-electron chi connectivity index (χ0n) is 16.9. The molecule has 2 aliphatic rings. The first-order valence-corrected chi connectivity index (χ1v) is 10.9. The van der Waals surface area contributed by atoms with Gasteiger partial charge in [0.05, 0.1) is 0 Å². The van der Waals surface area contributed by atoms with Crippen molar-refractivity contribution >= 4 is 29.6 Å². The van der Waals surface area contributed by atoms with Crippen LogP contribution in [-0.4, -0.2) is 46.5 Å². The lowest BCUT2D eigenvalue weighted by molar-refractivity contribution is -0.153. The second-order valence-corrected chi connectivity index (χ2v) is 8.38. The summed E-state index contributed by atoms with van der Waals surface area (Å²) in [6.45, 7) is 1.21. The van der Waals surface area contributed by atoms with E-state index in [0.29, 0.717) is 11.3 Å². The van der Waals surface area contributed by atoms with E-state index in [1.807, 2.05) is 60.7 Å². The van der Waals surface area contributed by atoms with Gasteiger partial charge in [0, 0.05) is 18.2 Å². The first-order valence-electron chi connectivity index (χ1n) is 9.84. The molecule has 1 fully saturated rings. The highest BCUT2D eigenvalue weighted by Gasteiger charge is 2.52. The van der Waals surface area contributed by atoms with E-state index in [1.165, 1.54) is 23.6 Å². The van der Waals surface area contributed by atoms with Crippen molar-refractivity contribution in [3.8, 4) is 0 Å². The summed E-state index contributed by atoms with van der Waals surface area (Å²) in [5.41, 5.74) is 8.17. The van der Waals surface area contributed by atoms with E-state index in [9.17, 15) is 14.4 Å². The Morgan fingerprint density at radius 2 is 1.68 bits per heavy atom. The molecule has 0 aliphatic carbocycles. The lowest BCUT2D eigenvalue weighted by Crippen LogP contribution is -2.68. The number of thioether (sulfide) groups is 1. The van der Waals surface area contributed by atoms with Gasteiger partial charge in [0.25, 0.3) is 0 Å². The van der Waals surface area contributed by atoms with E-state index >= 15 is 0 Å². The molecule has 2 aromatic rings. The fourth-order valence-electron chi connectivity index (χ4n) is 3.62. The van der Waals surface area contributed by atoms with Crippen LogP contribution in [0.4, 0.5) is 0 Å². The van der Waals surface area contributed by atoms with Crippen molar-refractivity contribution in [3.05, 3.63) is 83.1 Å². The smallest absolute Gasteiger partial charge is 0.356 e. The van der Waals surface area contributed by atoms with Crippen LogP contribution < -0.4 is 5.73 Å². The normalized spacial score (nSPS) is 20.2. The minimum Gasteiger partial charge on any atom is -0.461 e. The Labute approximate surface area is 184 Å². The Bertz CT molecular complexity index is 985. The summed E-state index contributed by atoms with van der Waals surface area (Å²) in [6.07, 6.45) is -0.657. The molecule has 2 aliphatic heterocycles. The first-order chi connectivity index (χ1) is 15.0. The van der Waals surface area contributed by atoms with Gasteiger partial charge in [-0.1, -0.05) is 60.7 Å². The number of hydrogen-bond acceptors (Lipinski definition) is 7. The van der Waals surface area contributed by atoms with Gasteiger partial charge < -0.3 is 15.2 Å². The second-order valence-electron chi connectivity index (χ2n) is 7.27. The van der Waals surface area contributed by atoms with Gasteiger partial charge in [0.15, 0.2) is 6.10 Å². The van der Waals surface area contributed by atoms with Crippen molar-refractivity contribution in [1.82, 2.24) is 4.90 Å². The van der Waals surface area contributed by atoms with Gasteiger partial charge in [-0.2, -0.15) is 0 Å². The fraction of sp³-hybridized carbons (Fsp3) is 0.261. The number of rotatable bonds is 6. The maximum absolute atomic E-state index is 13.4. The van der Waals surface area contributed by atoms with Crippen molar-refractivity contribution in [1.29, 1.82) is 0 Å². The summed E-state index contributed by atoms with van der Waals surface area (Å²) >= 11 is 1.44. The van der Waals surface area contributed by atoms with Gasteiger partial charge in [-0.25, -0.2) is 4.79 Å². The van der Waals surface area contributed by atoms with Gasteiger partial charge in [0.2, 0.25) is 5.91 Å². The van der Waals surface area contributed by atoms with Gasteiger partial charge in [0.1, 0.15) is 23.7 Å². The van der Waals surface area contributed by atoms with Crippen LogP contribution in [0.2, 0.25) is 0 Å². The predicted octanol–water partition coefficient (Wildman–Crippen LogP) is 2.38. The van der Waals surface area contributed by atoms with Gasteiger partial charge in [-0.3, -0.25) is 14.5 Å². The van der Waals surface area contributed by atoms with Gasteiger partial charge in [-0.15, -0.1) is 11.8 Å². The van der Waals surface area contributed by atoms with E-state index < -0.39 is 24.1 Å². The Hall–Kier alpha value is -3.10. The minimum atomic E-state index is -0.665. The average molecular weight is 439 g/mol. The average Bonchev–Trinajstić information content (AvgIpc) is 2.80. The minimum absolute atomic E-state index is 0.0835. The molecule has 0 radical (unpaired) electrons. The molecule has 2 heterocycles. The molecular weight excluding hydrogens is 416 g/mol. The van der Waals surface area contributed by atoms with Crippen molar-refractivity contribution < 1.29 is 23.9 Å². The number of amides is 1. The molecule has 7 nitrogen and oxygen atoms in total. The van der Waals surface area contributed by atoms with E-state index in [2.05, 4.69) is 0 Å².